The van der Waals surface area contributed by atoms with Crippen molar-refractivity contribution in [2.75, 3.05) is 25.1 Å². The van der Waals surface area contributed by atoms with Crippen LogP contribution in [-0.4, -0.2) is 64.6 Å². The number of aliphatic hydroxyl groups is 4. The number of rotatable bonds is 6. The van der Waals surface area contributed by atoms with E-state index in [1.54, 1.807) is 0 Å². The van der Waals surface area contributed by atoms with E-state index < -0.39 is 37.1 Å². The summed E-state index contributed by atoms with van der Waals surface area (Å²) in [5.74, 6) is 1.21. The van der Waals surface area contributed by atoms with Crippen LogP contribution in [0.15, 0.2) is 60.7 Å². The first-order chi connectivity index (χ1) is 17.9. The zero-order valence-corrected chi connectivity index (χ0v) is 21.2. The van der Waals surface area contributed by atoms with E-state index in [0.717, 1.165) is 35.5 Å². The molecule has 3 aromatic rings. The third kappa shape index (κ3) is 5.10. The molecule has 0 radical (unpaired) electrons. The van der Waals surface area contributed by atoms with Crippen LogP contribution in [0.1, 0.15) is 48.1 Å². The molecule has 0 amide bonds. The Bertz CT molecular complexity index is 1240. The van der Waals surface area contributed by atoms with Crippen molar-refractivity contribution in [1.82, 2.24) is 0 Å². The van der Waals surface area contributed by atoms with E-state index in [0.29, 0.717) is 18.1 Å². The number of anilines is 1. The SMILES string of the molecule is CC(C)c1ccc(-c2ccccc2[C@@H]2O[C@H](CO)[C@@H](O)[C@H](O)[C@H]2O)cc1Cc1ccc2c(c1)NCCO2. The van der Waals surface area contributed by atoms with Gasteiger partial charge in [0, 0.05) is 6.54 Å². The number of ether oxygens (including phenoxy) is 2. The van der Waals surface area contributed by atoms with Crippen LogP contribution in [0.5, 0.6) is 5.75 Å². The summed E-state index contributed by atoms with van der Waals surface area (Å²) in [7, 11) is 0. The fraction of sp³-hybridized carbons (Fsp3) is 0.400. The summed E-state index contributed by atoms with van der Waals surface area (Å²) < 4.78 is 11.6. The second-order valence-corrected chi connectivity index (χ2v) is 10.2. The van der Waals surface area contributed by atoms with Gasteiger partial charge < -0.3 is 35.2 Å². The van der Waals surface area contributed by atoms with E-state index in [9.17, 15) is 20.4 Å². The molecule has 0 saturated carbocycles. The summed E-state index contributed by atoms with van der Waals surface area (Å²) in [6.07, 6.45) is -5.26. The molecule has 2 aliphatic rings. The first-order valence-electron chi connectivity index (χ1n) is 12.9. The second-order valence-electron chi connectivity index (χ2n) is 10.2. The minimum atomic E-state index is -1.43. The summed E-state index contributed by atoms with van der Waals surface area (Å²) in [4.78, 5) is 0. The molecule has 196 valence electrons. The van der Waals surface area contributed by atoms with E-state index in [2.05, 4.69) is 49.5 Å². The van der Waals surface area contributed by atoms with Crippen molar-refractivity contribution >= 4 is 5.69 Å². The van der Waals surface area contributed by atoms with Crippen molar-refractivity contribution in [2.24, 2.45) is 0 Å². The van der Waals surface area contributed by atoms with Crippen LogP contribution in [0.2, 0.25) is 0 Å². The van der Waals surface area contributed by atoms with Gasteiger partial charge in [-0.2, -0.15) is 0 Å². The van der Waals surface area contributed by atoms with Gasteiger partial charge in [0.2, 0.25) is 0 Å². The number of hydrogen-bond donors (Lipinski definition) is 5. The van der Waals surface area contributed by atoms with Gasteiger partial charge in [0.25, 0.3) is 0 Å². The van der Waals surface area contributed by atoms with E-state index in [1.165, 1.54) is 16.7 Å². The zero-order chi connectivity index (χ0) is 26.1. The zero-order valence-electron chi connectivity index (χ0n) is 21.2. The van der Waals surface area contributed by atoms with Crippen molar-refractivity contribution < 1.29 is 29.9 Å². The highest BCUT2D eigenvalue weighted by molar-refractivity contribution is 5.70. The molecular formula is C30H35NO6. The lowest BCUT2D eigenvalue weighted by atomic mass is 9.85. The quantitative estimate of drug-likeness (QED) is 0.349. The first-order valence-corrected chi connectivity index (χ1v) is 12.9. The number of benzene rings is 3. The maximum absolute atomic E-state index is 10.8. The Labute approximate surface area is 217 Å². The van der Waals surface area contributed by atoms with Gasteiger partial charge in [-0.1, -0.05) is 62.4 Å². The molecule has 0 bridgehead atoms. The standard InChI is InChI=1S/C30H35NO6/c1-17(2)21-9-8-19(15-20(21)13-18-7-10-25-24(14-18)31-11-12-36-25)22-5-3-4-6-23(22)30-29(35)28(34)27(33)26(16-32)37-30/h3-10,14-15,17,26-35H,11-13,16H2,1-2H3/t26-,27-,28+,29-,30+/m1/s1. The Kier molecular flexibility index (Phi) is 7.51. The smallest absolute Gasteiger partial charge is 0.142 e. The Morgan fingerprint density at radius 2 is 1.76 bits per heavy atom. The van der Waals surface area contributed by atoms with Crippen LogP contribution >= 0.6 is 0 Å². The predicted octanol–water partition coefficient (Wildman–Crippen LogP) is 3.39. The third-order valence-corrected chi connectivity index (χ3v) is 7.35. The van der Waals surface area contributed by atoms with Crippen molar-refractivity contribution in [2.45, 2.75) is 56.7 Å². The van der Waals surface area contributed by atoms with Gasteiger partial charge in [-0.25, -0.2) is 0 Å². The van der Waals surface area contributed by atoms with Crippen molar-refractivity contribution in [3.63, 3.8) is 0 Å². The maximum Gasteiger partial charge on any atom is 0.142 e. The lowest BCUT2D eigenvalue weighted by molar-refractivity contribution is -0.231. The first kappa shape index (κ1) is 25.7. The molecule has 1 saturated heterocycles. The fourth-order valence-electron chi connectivity index (χ4n) is 5.37. The number of hydrogen-bond acceptors (Lipinski definition) is 7. The summed E-state index contributed by atoms with van der Waals surface area (Å²) >= 11 is 0. The Morgan fingerprint density at radius 3 is 2.54 bits per heavy atom. The summed E-state index contributed by atoms with van der Waals surface area (Å²) in [5, 5.41) is 44.5. The van der Waals surface area contributed by atoms with Crippen molar-refractivity contribution in [1.29, 1.82) is 0 Å². The molecule has 1 fully saturated rings. The average Bonchev–Trinajstić information content (AvgIpc) is 2.92. The summed E-state index contributed by atoms with van der Waals surface area (Å²) in [6, 6.07) is 20.3. The van der Waals surface area contributed by atoms with Crippen molar-refractivity contribution in [3.05, 3.63) is 82.9 Å². The fourth-order valence-corrected chi connectivity index (χ4v) is 5.37. The van der Waals surface area contributed by atoms with Crippen LogP contribution in [0.3, 0.4) is 0 Å². The van der Waals surface area contributed by atoms with E-state index in [4.69, 9.17) is 9.47 Å². The monoisotopic (exact) mass is 505 g/mol. The molecule has 0 spiro atoms. The highest BCUT2D eigenvalue weighted by atomic mass is 16.5. The molecule has 5 rings (SSSR count). The lowest BCUT2D eigenvalue weighted by Gasteiger charge is -2.40. The van der Waals surface area contributed by atoms with Gasteiger partial charge >= 0.3 is 0 Å². The van der Waals surface area contributed by atoms with E-state index >= 15 is 0 Å². The summed E-state index contributed by atoms with van der Waals surface area (Å²) in [5.41, 5.74) is 7.17. The molecule has 3 aromatic carbocycles. The van der Waals surface area contributed by atoms with Gasteiger partial charge in [0.1, 0.15) is 42.9 Å². The topological polar surface area (TPSA) is 111 Å². The molecule has 2 aliphatic heterocycles. The molecule has 5 atom stereocenters. The van der Waals surface area contributed by atoms with Gasteiger partial charge in [-0.05, 0) is 57.9 Å². The van der Waals surface area contributed by atoms with E-state index in [-0.39, 0.29) is 0 Å². The van der Waals surface area contributed by atoms with Gasteiger partial charge in [-0.15, -0.1) is 0 Å². The van der Waals surface area contributed by atoms with Gasteiger partial charge in [0.05, 0.1) is 12.3 Å². The van der Waals surface area contributed by atoms with Crippen LogP contribution in [-0.2, 0) is 11.2 Å². The van der Waals surface area contributed by atoms with Crippen LogP contribution in [0.4, 0.5) is 5.69 Å². The molecule has 0 aliphatic carbocycles. The molecule has 5 N–H and O–H groups in total. The minimum Gasteiger partial charge on any atom is -0.490 e. The second kappa shape index (κ2) is 10.8. The predicted molar refractivity (Wildman–Crippen MR) is 142 cm³/mol. The Morgan fingerprint density at radius 1 is 0.946 bits per heavy atom. The highest BCUT2D eigenvalue weighted by Crippen LogP contribution is 2.39. The number of fused-ring (bicyclic) bond motifs is 1. The number of nitrogens with one attached hydrogen (secondary N) is 1. The number of aliphatic hydroxyl groups excluding tert-OH is 4. The molecule has 7 heteroatoms. The molecule has 0 unspecified atom stereocenters. The normalized spacial score (nSPS) is 25.3. The van der Waals surface area contributed by atoms with Gasteiger partial charge in [-0.3, -0.25) is 0 Å². The van der Waals surface area contributed by atoms with Crippen LogP contribution < -0.4 is 10.1 Å². The molecule has 0 aromatic heterocycles. The maximum atomic E-state index is 10.8. The molecular weight excluding hydrogens is 470 g/mol. The molecule has 37 heavy (non-hydrogen) atoms. The summed E-state index contributed by atoms with van der Waals surface area (Å²) in [6.45, 7) is 5.36. The largest absolute Gasteiger partial charge is 0.490 e. The Hall–Kier alpha value is -2.94. The Balaban J connectivity index is 1.52. The van der Waals surface area contributed by atoms with Gasteiger partial charge in [0.15, 0.2) is 0 Å². The minimum absolute atomic E-state index is 0.337. The van der Waals surface area contributed by atoms with Crippen LogP contribution in [0, 0.1) is 0 Å². The van der Waals surface area contributed by atoms with Crippen LogP contribution in [0.25, 0.3) is 11.1 Å². The van der Waals surface area contributed by atoms with E-state index in [1.807, 2.05) is 30.3 Å². The highest BCUT2D eigenvalue weighted by Gasteiger charge is 2.44. The third-order valence-electron chi connectivity index (χ3n) is 7.35. The molecule has 2 heterocycles. The van der Waals surface area contributed by atoms with Crippen molar-refractivity contribution in [3.8, 4) is 16.9 Å². The lowest BCUT2D eigenvalue weighted by Crippen LogP contribution is -2.55. The average molecular weight is 506 g/mol. The molecule has 7 nitrogen and oxygen atoms in total.